The average Bonchev–Trinajstić information content (AvgIpc) is 2.49. The molecule has 1 unspecified atom stereocenters. The van der Waals surface area contributed by atoms with Crippen molar-refractivity contribution in [1.29, 1.82) is 0 Å². The topological polar surface area (TPSA) is 49.6 Å². The second-order valence-corrected chi connectivity index (χ2v) is 5.92. The molecular weight excluding hydrogens is 306 g/mol. The number of amides is 1. The van der Waals surface area contributed by atoms with Gasteiger partial charge in [0.1, 0.15) is 6.04 Å². The van der Waals surface area contributed by atoms with E-state index in [0.717, 1.165) is 35.2 Å². The average molecular weight is 326 g/mol. The molecule has 19 heavy (non-hydrogen) atoms. The van der Waals surface area contributed by atoms with Crippen LogP contribution in [0, 0.1) is 6.92 Å². The first kappa shape index (κ1) is 14.5. The molecule has 4 nitrogen and oxygen atoms in total. The number of nitrogens with zero attached hydrogens (tertiary/aromatic N) is 2. The molecule has 1 saturated heterocycles. The Hall–Kier alpha value is -0.910. The van der Waals surface area contributed by atoms with Crippen LogP contribution in [-0.4, -0.2) is 43.5 Å². The number of rotatable bonds is 2. The Morgan fingerprint density at radius 1 is 1.42 bits per heavy atom. The normalized spacial score (nSPS) is 21.6. The molecule has 0 aliphatic carbocycles. The molecule has 2 rings (SSSR count). The summed E-state index contributed by atoms with van der Waals surface area (Å²) in [5, 5.41) is 0. The van der Waals surface area contributed by atoms with Crippen molar-refractivity contribution in [2.75, 3.05) is 31.6 Å². The number of aryl methyl sites for hydroxylation is 1. The lowest BCUT2D eigenvalue weighted by molar-refractivity contribution is -0.122. The van der Waals surface area contributed by atoms with E-state index in [1.165, 1.54) is 0 Å². The molecule has 1 aliphatic rings. The van der Waals surface area contributed by atoms with E-state index in [4.69, 9.17) is 5.73 Å². The molecule has 1 aromatic carbocycles. The van der Waals surface area contributed by atoms with Crippen LogP contribution in [0.2, 0.25) is 0 Å². The zero-order valence-electron chi connectivity index (χ0n) is 11.4. The minimum absolute atomic E-state index is 0.105. The molecule has 5 heteroatoms. The number of benzene rings is 1. The molecule has 1 atom stereocenters. The minimum atomic E-state index is -0.217. The first-order valence-electron chi connectivity index (χ1n) is 6.52. The Balaban J connectivity index is 2.34. The van der Waals surface area contributed by atoms with Crippen molar-refractivity contribution in [3.05, 3.63) is 28.2 Å². The van der Waals surface area contributed by atoms with E-state index in [2.05, 4.69) is 20.8 Å². The summed E-state index contributed by atoms with van der Waals surface area (Å²) in [4.78, 5) is 16.5. The highest BCUT2D eigenvalue weighted by Gasteiger charge is 2.30. The molecule has 1 amide bonds. The SMILES string of the molecule is Cc1cc(Br)ccc1N1CCCN(C)C(CN)C1=O. The van der Waals surface area contributed by atoms with Crippen LogP contribution in [0.15, 0.2) is 22.7 Å². The third kappa shape index (κ3) is 2.99. The van der Waals surface area contributed by atoms with Gasteiger partial charge in [-0.2, -0.15) is 0 Å². The number of carbonyl (C=O) groups excluding carboxylic acids is 1. The van der Waals surface area contributed by atoms with E-state index in [9.17, 15) is 4.79 Å². The summed E-state index contributed by atoms with van der Waals surface area (Å²) in [7, 11) is 1.97. The largest absolute Gasteiger partial charge is 0.328 e. The van der Waals surface area contributed by atoms with Gasteiger partial charge in [-0.15, -0.1) is 0 Å². The zero-order chi connectivity index (χ0) is 14.0. The van der Waals surface area contributed by atoms with Crippen molar-refractivity contribution < 1.29 is 4.79 Å². The van der Waals surface area contributed by atoms with Crippen LogP contribution in [0.3, 0.4) is 0 Å². The summed E-state index contributed by atoms with van der Waals surface area (Å²) in [6.07, 6.45) is 0.967. The summed E-state index contributed by atoms with van der Waals surface area (Å²) in [6, 6.07) is 5.79. The van der Waals surface area contributed by atoms with E-state index >= 15 is 0 Å². The van der Waals surface area contributed by atoms with Crippen molar-refractivity contribution in [2.24, 2.45) is 5.73 Å². The van der Waals surface area contributed by atoms with Crippen LogP contribution in [-0.2, 0) is 4.79 Å². The van der Waals surface area contributed by atoms with Gasteiger partial charge in [0, 0.05) is 29.8 Å². The fraction of sp³-hybridized carbons (Fsp3) is 0.500. The van der Waals surface area contributed by atoms with Crippen molar-refractivity contribution in [3.8, 4) is 0 Å². The lowest BCUT2D eigenvalue weighted by Gasteiger charge is -2.28. The second-order valence-electron chi connectivity index (χ2n) is 5.01. The van der Waals surface area contributed by atoms with E-state index < -0.39 is 0 Å². The van der Waals surface area contributed by atoms with Crippen LogP contribution in [0.5, 0.6) is 0 Å². The number of halogens is 1. The summed E-state index contributed by atoms with van der Waals surface area (Å²) >= 11 is 3.45. The minimum Gasteiger partial charge on any atom is -0.328 e. The van der Waals surface area contributed by atoms with E-state index in [1.807, 2.05) is 37.1 Å². The predicted octanol–water partition coefficient (Wildman–Crippen LogP) is 1.75. The molecule has 0 aromatic heterocycles. The van der Waals surface area contributed by atoms with Gasteiger partial charge in [-0.3, -0.25) is 9.69 Å². The van der Waals surface area contributed by atoms with Crippen molar-refractivity contribution >= 4 is 27.5 Å². The third-order valence-corrected chi connectivity index (χ3v) is 4.14. The van der Waals surface area contributed by atoms with Crippen LogP contribution < -0.4 is 10.6 Å². The Bertz CT molecular complexity index is 478. The standard InChI is InChI=1S/C14H20BrN3O/c1-10-8-11(15)4-5-12(10)18-7-3-6-17(2)13(9-16)14(18)19/h4-5,8,13H,3,6-7,9,16H2,1-2H3. The number of hydrogen-bond acceptors (Lipinski definition) is 3. The first-order chi connectivity index (χ1) is 9.04. The highest BCUT2D eigenvalue weighted by Crippen LogP contribution is 2.26. The maximum atomic E-state index is 12.6. The number of hydrogen-bond donors (Lipinski definition) is 1. The Labute approximate surface area is 122 Å². The van der Waals surface area contributed by atoms with Crippen LogP contribution in [0.25, 0.3) is 0 Å². The summed E-state index contributed by atoms with van der Waals surface area (Å²) in [5.74, 6) is 0.105. The summed E-state index contributed by atoms with van der Waals surface area (Å²) in [5.41, 5.74) is 7.85. The Morgan fingerprint density at radius 2 is 2.16 bits per heavy atom. The van der Waals surface area contributed by atoms with Gasteiger partial charge in [0.25, 0.3) is 0 Å². The van der Waals surface area contributed by atoms with Crippen LogP contribution in [0.4, 0.5) is 5.69 Å². The lowest BCUT2D eigenvalue weighted by atomic mass is 10.1. The third-order valence-electron chi connectivity index (χ3n) is 3.65. The molecule has 0 bridgehead atoms. The number of carbonyl (C=O) groups is 1. The fourth-order valence-electron chi connectivity index (χ4n) is 2.55. The van der Waals surface area contributed by atoms with Gasteiger partial charge in [-0.05, 0) is 44.2 Å². The van der Waals surface area contributed by atoms with Crippen LogP contribution in [0.1, 0.15) is 12.0 Å². The van der Waals surface area contributed by atoms with Crippen molar-refractivity contribution in [3.63, 3.8) is 0 Å². The second kappa shape index (κ2) is 6.03. The predicted molar refractivity (Wildman–Crippen MR) is 81.3 cm³/mol. The molecule has 1 fully saturated rings. The molecule has 1 aromatic rings. The number of likely N-dealkylation sites (N-methyl/N-ethyl adjacent to an activating group) is 1. The lowest BCUT2D eigenvalue weighted by Crippen LogP contribution is -2.48. The zero-order valence-corrected chi connectivity index (χ0v) is 13.0. The van der Waals surface area contributed by atoms with Gasteiger partial charge < -0.3 is 10.6 Å². The van der Waals surface area contributed by atoms with Crippen molar-refractivity contribution in [2.45, 2.75) is 19.4 Å². The highest BCUT2D eigenvalue weighted by molar-refractivity contribution is 9.10. The molecule has 1 aliphatic heterocycles. The van der Waals surface area contributed by atoms with Gasteiger partial charge >= 0.3 is 0 Å². The van der Waals surface area contributed by atoms with Gasteiger partial charge in [-0.25, -0.2) is 0 Å². The summed E-state index contributed by atoms with van der Waals surface area (Å²) in [6.45, 7) is 4.04. The maximum Gasteiger partial charge on any atom is 0.245 e. The number of nitrogens with two attached hydrogens (primary N) is 1. The van der Waals surface area contributed by atoms with E-state index in [0.29, 0.717) is 6.54 Å². The highest BCUT2D eigenvalue weighted by atomic mass is 79.9. The van der Waals surface area contributed by atoms with Crippen molar-refractivity contribution in [1.82, 2.24) is 4.90 Å². The first-order valence-corrected chi connectivity index (χ1v) is 7.31. The molecular formula is C14H20BrN3O. The maximum absolute atomic E-state index is 12.6. The quantitative estimate of drug-likeness (QED) is 0.901. The van der Waals surface area contributed by atoms with Gasteiger partial charge in [0.2, 0.25) is 5.91 Å². The van der Waals surface area contributed by atoms with Gasteiger partial charge in [-0.1, -0.05) is 15.9 Å². The summed E-state index contributed by atoms with van der Waals surface area (Å²) < 4.78 is 1.03. The van der Waals surface area contributed by atoms with Crippen LogP contribution >= 0.6 is 15.9 Å². The fourth-order valence-corrected chi connectivity index (χ4v) is 3.03. The Morgan fingerprint density at radius 3 is 2.79 bits per heavy atom. The van der Waals surface area contributed by atoms with E-state index in [-0.39, 0.29) is 11.9 Å². The molecule has 0 saturated carbocycles. The van der Waals surface area contributed by atoms with E-state index in [1.54, 1.807) is 0 Å². The molecule has 104 valence electrons. The monoisotopic (exact) mass is 325 g/mol. The van der Waals surface area contributed by atoms with Gasteiger partial charge in [0.15, 0.2) is 0 Å². The Kier molecular flexibility index (Phi) is 4.60. The molecule has 2 N–H and O–H groups in total. The smallest absolute Gasteiger partial charge is 0.245 e. The van der Waals surface area contributed by atoms with Gasteiger partial charge in [0.05, 0.1) is 0 Å². The molecule has 1 heterocycles. The molecule has 0 spiro atoms. The molecule has 0 radical (unpaired) electrons. The number of anilines is 1.